The fourth-order valence-electron chi connectivity index (χ4n) is 2.63. The number of nitrogens with two attached hydrogens (primary N) is 1. The van der Waals surface area contributed by atoms with Crippen LogP contribution < -0.4 is 10.5 Å². The predicted octanol–water partition coefficient (Wildman–Crippen LogP) is 3.10. The third-order valence-electron chi connectivity index (χ3n) is 4.02. The van der Waals surface area contributed by atoms with Crippen molar-refractivity contribution in [1.82, 2.24) is 4.90 Å². The summed E-state index contributed by atoms with van der Waals surface area (Å²) >= 11 is 0. The third-order valence-corrected chi connectivity index (χ3v) is 4.02. The average molecular weight is 327 g/mol. The van der Waals surface area contributed by atoms with Crippen LogP contribution in [0.3, 0.4) is 0 Å². The summed E-state index contributed by atoms with van der Waals surface area (Å²) in [6, 6.07) is 7.48. The Labute approximate surface area is 139 Å². The van der Waals surface area contributed by atoms with Crippen LogP contribution in [-0.4, -0.2) is 37.0 Å². The summed E-state index contributed by atoms with van der Waals surface area (Å²) < 4.78 is 5.66. The fraction of sp³-hybridized carbons (Fsp3) is 0.588. The summed E-state index contributed by atoms with van der Waals surface area (Å²) in [5, 5.41) is 0. The Balaban J connectivity index is 0.00000242. The molecule has 0 bridgehead atoms. The Kier molecular flexibility index (Phi) is 8.28. The first-order chi connectivity index (χ1) is 10.2. The van der Waals surface area contributed by atoms with Gasteiger partial charge in [0.05, 0.1) is 6.61 Å². The minimum atomic E-state index is 0. The van der Waals surface area contributed by atoms with Gasteiger partial charge in [-0.1, -0.05) is 19.8 Å². The topological polar surface area (TPSA) is 55.6 Å². The van der Waals surface area contributed by atoms with Crippen LogP contribution in [0.1, 0.15) is 43.0 Å². The van der Waals surface area contributed by atoms with Gasteiger partial charge in [-0.3, -0.25) is 4.79 Å². The van der Waals surface area contributed by atoms with Crippen LogP contribution in [0.25, 0.3) is 0 Å². The van der Waals surface area contributed by atoms with Crippen molar-refractivity contribution >= 4 is 18.3 Å². The quantitative estimate of drug-likeness (QED) is 0.783. The maximum absolute atomic E-state index is 12.4. The molecule has 1 amide bonds. The third kappa shape index (κ3) is 5.18. The molecule has 0 spiro atoms. The zero-order chi connectivity index (χ0) is 15.1. The van der Waals surface area contributed by atoms with Crippen LogP contribution in [0.4, 0.5) is 0 Å². The number of unbranched alkanes of at least 4 members (excludes halogenated alkanes) is 2. The number of carbonyl (C=O) groups excluding carboxylic acids is 1. The molecular weight excluding hydrogens is 300 g/mol. The maximum atomic E-state index is 12.4. The number of benzene rings is 1. The van der Waals surface area contributed by atoms with Crippen molar-refractivity contribution in [2.45, 2.75) is 32.6 Å². The van der Waals surface area contributed by atoms with Gasteiger partial charge in [0.25, 0.3) is 5.91 Å². The molecule has 1 unspecified atom stereocenters. The number of rotatable bonds is 7. The highest BCUT2D eigenvalue weighted by atomic mass is 35.5. The Morgan fingerprint density at radius 1 is 1.32 bits per heavy atom. The van der Waals surface area contributed by atoms with Crippen LogP contribution >= 0.6 is 12.4 Å². The minimum absolute atomic E-state index is 0. The standard InChI is InChI=1S/C17H26N2O2.ClH/c1-2-3-4-11-21-16-7-5-15(6-8-16)17(20)19-10-9-14(12-18)13-19;/h5-8,14H,2-4,9-13,18H2,1H3;1H. The average Bonchev–Trinajstić information content (AvgIpc) is 3.00. The summed E-state index contributed by atoms with van der Waals surface area (Å²) in [4.78, 5) is 14.3. The molecule has 22 heavy (non-hydrogen) atoms. The summed E-state index contributed by atoms with van der Waals surface area (Å²) in [5.41, 5.74) is 6.40. The Morgan fingerprint density at radius 2 is 2.05 bits per heavy atom. The summed E-state index contributed by atoms with van der Waals surface area (Å²) in [6.45, 7) is 5.17. The molecule has 4 nitrogen and oxygen atoms in total. The molecule has 1 aromatic rings. The van der Waals surface area contributed by atoms with Gasteiger partial charge in [0.15, 0.2) is 0 Å². The summed E-state index contributed by atoms with van der Waals surface area (Å²) in [7, 11) is 0. The minimum Gasteiger partial charge on any atom is -0.494 e. The van der Waals surface area contributed by atoms with E-state index in [0.717, 1.165) is 43.9 Å². The normalized spacial score (nSPS) is 17.2. The highest BCUT2D eigenvalue weighted by Crippen LogP contribution is 2.19. The first-order valence-electron chi connectivity index (χ1n) is 7.96. The molecule has 124 valence electrons. The zero-order valence-electron chi connectivity index (χ0n) is 13.3. The molecule has 1 atom stereocenters. The number of hydrogen-bond donors (Lipinski definition) is 1. The van der Waals surface area contributed by atoms with E-state index in [1.807, 2.05) is 29.2 Å². The van der Waals surface area contributed by atoms with Gasteiger partial charge in [-0.25, -0.2) is 0 Å². The Bertz CT molecular complexity index is 450. The van der Waals surface area contributed by atoms with E-state index in [4.69, 9.17) is 10.5 Å². The van der Waals surface area contributed by atoms with Gasteiger partial charge in [0.1, 0.15) is 5.75 Å². The molecule has 2 N–H and O–H groups in total. The number of halogens is 1. The molecule has 0 aliphatic carbocycles. The fourth-order valence-corrected chi connectivity index (χ4v) is 2.63. The van der Waals surface area contributed by atoms with Crippen LogP contribution in [0.5, 0.6) is 5.75 Å². The SMILES string of the molecule is CCCCCOc1ccc(C(=O)N2CCC(CN)C2)cc1.Cl. The van der Waals surface area contributed by atoms with Crippen LogP contribution in [0.15, 0.2) is 24.3 Å². The van der Waals surface area contributed by atoms with Gasteiger partial charge in [-0.15, -0.1) is 12.4 Å². The lowest BCUT2D eigenvalue weighted by Gasteiger charge is -2.16. The van der Waals surface area contributed by atoms with Gasteiger partial charge in [-0.05, 0) is 49.6 Å². The van der Waals surface area contributed by atoms with Crippen molar-refractivity contribution in [3.8, 4) is 5.75 Å². The van der Waals surface area contributed by atoms with Gasteiger partial charge in [0, 0.05) is 18.7 Å². The number of nitrogens with zero attached hydrogens (tertiary/aromatic N) is 1. The van der Waals surface area contributed by atoms with E-state index in [1.54, 1.807) is 0 Å². The molecule has 1 aromatic carbocycles. The molecule has 1 saturated heterocycles. The number of likely N-dealkylation sites (tertiary alicyclic amines) is 1. The van der Waals surface area contributed by atoms with E-state index in [-0.39, 0.29) is 18.3 Å². The lowest BCUT2D eigenvalue weighted by atomic mass is 10.1. The molecule has 0 saturated carbocycles. The van der Waals surface area contributed by atoms with Gasteiger partial charge in [-0.2, -0.15) is 0 Å². The monoisotopic (exact) mass is 326 g/mol. The number of ether oxygens (including phenoxy) is 1. The summed E-state index contributed by atoms with van der Waals surface area (Å²) in [6.07, 6.45) is 4.47. The molecule has 0 aromatic heterocycles. The molecule has 5 heteroatoms. The van der Waals surface area contributed by atoms with E-state index in [1.165, 1.54) is 12.8 Å². The second-order valence-corrected chi connectivity index (χ2v) is 5.72. The molecule has 2 rings (SSSR count). The van der Waals surface area contributed by atoms with Crippen LogP contribution in [0.2, 0.25) is 0 Å². The van der Waals surface area contributed by atoms with Gasteiger partial charge < -0.3 is 15.4 Å². The second-order valence-electron chi connectivity index (χ2n) is 5.72. The van der Waals surface area contributed by atoms with Gasteiger partial charge in [0.2, 0.25) is 0 Å². The van der Waals surface area contributed by atoms with E-state index < -0.39 is 0 Å². The largest absolute Gasteiger partial charge is 0.494 e. The van der Waals surface area contributed by atoms with Crippen LogP contribution in [0, 0.1) is 5.92 Å². The lowest BCUT2D eigenvalue weighted by molar-refractivity contribution is 0.0787. The molecule has 1 aliphatic heterocycles. The highest BCUT2D eigenvalue weighted by Gasteiger charge is 2.25. The van der Waals surface area contributed by atoms with E-state index in [0.29, 0.717) is 12.5 Å². The van der Waals surface area contributed by atoms with Crippen molar-refractivity contribution in [3.05, 3.63) is 29.8 Å². The van der Waals surface area contributed by atoms with Crippen molar-refractivity contribution in [3.63, 3.8) is 0 Å². The number of hydrogen-bond acceptors (Lipinski definition) is 3. The lowest BCUT2D eigenvalue weighted by Crippen LogP contribution is -2.29. The molecule has 0 radical (unpaired) electrons. The molecule has 1 aliphatic rings. The molecule has 1 fully saturated rings. The number of amides is 1. The predicted molar refractivity (Wildman–Crippen MR) is 91.8 cm³/mol. The van der Waals surface area contributed by atoms with Crippen molar-refractivity contribution in [2.75, 3.05) is 26.2 Å². The van der Waals surface area contributed by atoms with E-state index in [9.17, 15) is 4.79 Å². The smallest absolute Gasteiger partial charge is 0.253 e. The molecule has 1 heterocycles. The van der Waals surface area contributed by atoms with Crippen molar-refractivity contribution in [1.29, 1.82) is 0 Å². The summed E-state index contributed by atoms with van der Waals surface area (Å²) in [5.74, 6) is 1.39. The van der Waals surface area contributed by atoms with Gasteiger partial charge >= 0.3 is 0 Å². The van der Waals surface area contributed by atoms with Crippen molar-refractivity contribution < 1.29 is 9.53 Å². The van der Waals surface area contributed by atoms with E-state index >= 15 is 0 Å². The zero-order valence-corrected chi connectivity index (χ0v) is 14.1. The Morgan fingerprint density at radius 3 is 2.64 bits per heavy atom. The maximum Gasteiger partial charge on any atom is 0.253 e. The van der Waals surface area contributed by atoms with Crippen molar-refractivity contribution in [2.24, 2.45) is 11.7 Å². The Hall–Kier alpha value is -1.26. The first kappa shape index (κ1) is 18.8. The van der Waals surface area contributed by atoms with E-state index in [2.05, 4.69) is 6.92 Å². The first-order valence-corrected chi connectivity index (χ1v) is 7.96. The number of carbonyl (C=O) groups is 1. The highest BCUT2D eigenvalue weighted by molar-refractivity contribution is 5.94. The molecular formula is C17H27ClN2O2. The van der Waals surface area contributed by atoms with Crippen LogP contribution in [-0.2, 0) is 0 Å². The second kappa shape index (κ2) is 9.70.